The van der Waals surface area contributed by atoms with E-state index >= 15 is 0 Å². The Balaban J connectivity index is -0.0000000520. The van der Waals surface area contributed by atoms with Gasteiger partial charge in [-0.3, -0.25) is 0 Å². The quantitative estimate of drug-likeness (QED) is 0.0815. The third-order valence-corrected chi connectivity index (χ3v) is 11.9. The third kappa shape index (κ3) is 66.1. The number of rotatable bonds is 14. The first-order chi connectivity index (χ1) is 26.4. The van der Waals surface area contributed by atoms with Crippen molar-refractivity contribution in [2.24, 2.45) is 40.4 Å². The van der Waals surface area contributed by atoms with Crippen LogP contribution >= 0.6 is 0 Å². The van der Waals surface area contributed by atoms with Crippen LogP contribution in [-0.4, -0.2) is 64.9 Å². The van der Waals surface area contributed by atoms with Gasteiger partial charge in [0, 0.05) is 26.3 Å². The zero-order valence-electron chi connectivity index (χ0n) is 46.3. The molecule has 2 saturated carbocycles. The molecular weight excluding hydrogens is 1030 g/mol. The monoisotopic (exact) mass is 1150 g/mol. The second kappa shape index (κ2) is 50.0. The van der Waals surface area contributed by atoms with Crippen molar-refractivity contribution < 1.29 is 56.5 Å². The number of ether oxygens (including phenoxy) is 2. The van der Waals surface area contributed by atoms with Gasteiger partial charge in [0.05, 0.1) is 29.7 Å². The predicted octanol–water partition coefficient (Wildman–Crippen LogP) is 18.6. The Labute approximate surface area is 432 Å². The summed E-state index contributed by atoms with van der Waals surface area (Å²) < 4.78 is 84.5. The van der Waals surface area contributed by atoms with Gasteiger partial charge in [-0.05, 0) is 115 Å². The van der Waals surface area contributed by atoms with Crippen molar-refractivity contribution in [3.8, 4) is 0 Å². The van der Waals surface area contributed by atoms with Gasteiger partial charge in [0.15, 0.2) is 0 Å². The van der Waals surface area contributed by atoms with Crippen LogP contribution in [0.4, 0.5) is 17.6 Å². The molecule has 0 saturated heterocycles. The molecule has 0 aromatic rings. The zero-order valence-corrected chi connectivity index (χ0v) is 50.0. The molecule has 0 bridgehead atoms. The maximum Gasteiger partial charge on any atom is 2.00 e. The minimum atomic E-state index is -2.94. The van der Waals surface area contributed by atoms with Gasteiger partial charge < -0.3 is 24.3 Å². The van der Waals surface area contributed by atoms with Crippen molar-refractivity contribution in [1.82, 2.24) is 4.72 Å². The molecule has 0 aromatic heterocycles. The first-order valence-electron chi connectivity index (χ1n) is 23.1. The van der Waals surface area contributed by atoms with Gasteiger partial charge in [-0.2, -0.15) is 0 Å². The number of hydrogen-bond donors (Lipinski definition) is 1. The predicted molar refractivity (Wildman–Crippen MR) is 291 cm³/mol. The minimum absolute atomic E-state index is 0. The maximum atomic E-state index is 12.9. The average molecular weight is 1150 g/mol. The smallest absolute Gasteiger partial charge is 0.373 e. The molecule has 2 atom stereocenters. The van der Waals surface area contributed by atoms with Crippen LogP contribution in [-0.2, 0) is 40.6 Å². The maximum absolute atomic E-state index is 12.9. The summed E-state index contributed by atoms with van der Waals surface area (Å²) in [5.41, 5.74) is 0.875. The second-order valence-corrected chi connectivity index (χ2v) is 22.9. The molecule has 0 heterocycles. The van der Waals surface area contributed by atoms with E-state index < -0.39 is 34.2 Å². The molecule has 409 valence electrons. The number of allylic oxidation sites excluding steroid dienone is 2. The summed E-state index contributed by atoms with van der Waals surface area (Å²) in [6.07, 6.45) is 10.3. The molecule has 2 fully saturated rings. The summed E-state index contributed by atoms with van der Waals surface area (Å²) in [5, 5.41) is -0.0881. The van der Waals surface area contributed by atoms with Gasteiger partial charge in [0.25, 0.3) is 5.92 Å². The van der Waals surface area contributed by atoms with Crippen molar-refractivity contribution >= 4 is 18.4 Å². The minimum Gasteiger partial charge on any atom is -0.373 e. The van der Waals surface area contributed by atoms with E-state index in [0.29, 0.717) is 41.2 Å². The molecule has 12 heteroatoms. The molecule has 66 heavy (non-hydrogen) atoms. The van der Waals surface area contributed by atoms with E-state index in [1.807, 2.05) is 27.7 Å². The average Bonchev–Trinajstić information content (AvgIpc) is 3.83. The molecule has 0 aliphatic heterocycles. The fourth-order valence-corrected chi connectivity index (χ4v) is 5.00. The van der Waals surface area contributed by atoms with Crippen LogP contribution in [0, 0.1) is 55.3 Å². The molecule has 3 radical (unpaired) electrons. The first kappa shape index (κ1) is 95.7. The van der Waals surface area contributed by atoms with Crippen molar-refractivity contribution in [1.29, 1.82) is 0 Å². The van der Waals surface area contributed by atoms with Gasteiger partial charge in [0.2, 0.25) is 16.4 Å². The number of nitrogens with one attached hydrogen (secondary N) is 1. The first-order valence-corrected chi connectivity index (χ1v) is 24.6. The van der Waals surface area contributed by atoms with Crippen LogP contribution in [0.3, 0.4) is 0 Å². The van der Waals surface area contributed by atoms with Crippen LogP contribution in [0.5, 0.6) is 0 Å². The van der Waals surface area contributed by atoms with Gasteiger partial charge in [-0.25, -0.2) is 30.7 Å². The number of sulfonamides is 1. The molecule has 0 aromatic carbocycles. The van der Waals surface area contributed by atoms with E-state index in [2.05, 4.69) is 116 Å². The molecule has 2 aliphatic carbocycles. The number of alkyl halides is 4. The fraction of sp³-hybridized carbons (Fsp3) is 0.926. The van der Waals surface area contributed by atoms with Crippen LogP contribution in [0.15, 0.2) is 12.2 Å². The van der Waals surface area contributed by atoms with Gasteiger partial charge >= 0.3 is 21.1 Å². The molecule has 0 unspecified atom stereocenters. The van der Waals surface area contributed by atoms with E-state index in [1.165, 1.54) is 47.0 Å². The zero-order chi connectivity index (χ0) is 48.1. The summed E-state index contributed by atoms with van der Waals surface area (Å²) in [6, 6.07) is 0.0330. The summed E-state index contributed by atoms with van der Waals surface area (Å²) in [6.45, 7) is 49.0. The van der Waals surface area contributed by atoms with Crippen LogP contribution in [0.25, 0.3) is 0 Å². The van der Waals surface area contributed by atoms with Gasteiger partial charge in [-0.15, -0.1) is 0 Å². The SMILES string of the molecule is C.C.C.CC(C)(C)C(C)(C)C.CC(C)C(F)F.CC(C)C/C=C/C(F)(F)C(C)C.CC(C)NS(=O)(=O)C1CC1.CC(C)O[C@@H]1CCC[C@H]1OC(C)C.CCC(C)C.CCC(C)C.[B].[CH3-].[CH3-].[W+2]. The second-order valence-electron chi connectivity index (χ2n) is 20.9. The van der Waals surface area contributed by atoms with Crippen LogP contribution in [0.1, 0.15) is 240 Å². The Morgan fingerprint density at radius 1 is 0.621 bits per heavy atom. The molecule has 5 nitrogen and oxygen atoms in total. The van der Waals surface area contributed by atoms with Crippen molar-refractivity contribution in [2.75, 3.05) is 0 Å². The van der Waals surface area contributed by atoms with E-state index in [0.717, 1.165) is 50.0 Å². The Morgan fingerprint density at radius 3 is 1.08 bits per heavy atom. The van der Waals surface area contributed by atoms with E-state index in [9.17, 15) is 26.0 Å². The Bertz CT molecular complexity index is 1040. The summed E-state index contributed by atoms with van der Waals surface area (Å²) in [4.78, 5) is 0. The third-order valence-electron chi connectivity index (χ3n) is 9.75. The molecule has 2 aliphatic rings. The van der Waals surface area contributed by atoms with Gasteiger partial charge in [-0.1, -0.05) is 166 Å². The van der Waals surface area contributed by atoms with E-state index in [1.54, 1.807) is 6.08 Å². The molecule has 0 spiro atoms. The van der Waals surface area contributed by atoms with E-state index in [-0.39, 0.29) is 77.9 Å². The summed E-state index contributed by atoms with van der Waals surface area (Å²) in [5.74, 6) is -1.52. The largest absolute Gasteiger partial charge is 2.00 e. The molecule has 0 amide bonds. The standard InChI is InChI=1S/C11H22O2.C10H18F2.C8H18.C6H13NO2S.2C5H12.C4H8F2.3CH4.2CH3.B.W/c1-8(2)12-10-6-5-7-11(10)13-9(3)4;1-8(2)6-5-7-10(11,12)9(3)4;1-7(2,3)8(4,5)6;1-5(2)7-10(8,9)6-3-4-6;2*1-4-5(2)3;1-3(2)4(5)6;;;;;;;/h8-11H,5-7H2,1-4H3;5,7-9H,6H2,1-4H3;1-6H3;5-7H,3-4H2,1-2H3;2*5H,4H2,1-3H3;3-4H,1-2H3;3*1H4;2*1H3;;/q;;;;;;;;;;2*-1;;+2/b;7-5+;;;;;;;;;;;;/t10-,11-;;;;;;;;;;;;;/m1............./s1. The summed E-state index contributed by atoms with van der Waals surface area (Å²) in [7, 11) is -2.94. The van der Waals surface area contributed by atoms with Crippen molar-refractivity contribution in [3.63, 3.8) is 0 Å². The fourth-order valence-electron chi connectivity index (χ4n) is 3.40. The summed E-state index contributed by atoms with van der Waals surface area (Å²) >= 11 is 0. The van der Waals surface area contributed by atoms with E-state index in [4.69, 9.17) is 9.47 Å². The molecular formula is C54H121BF4NO4SW. The Hall–Kier alpha value is 0.0432. The number of halogens is 4. The van der Waals surface area contributed by atoms with Crippen LogP contribution in [0.2, 0.25) is 0 Å². The van der Waals surface area contributed by atoms with Crippen molar-refractivity contribution in [3.05, 3.63) is 27.0 Å². The topological polar surface area (TPSA) is 64.6 Å². The number of hydrogen-bond acceptors (Lipinski definition) is 4. The van der Waals surface area contributed by atoms with Crippen molar-refractivity contribution in [2.45, 2.75) is 288 Å². The Morgan fingerprint density at radius 2 is 0.909 bits per heavy atom. The Kier molecular flexibility index (Phi) is 72.5. The molecule has 2 rings (SSSR count). The normalized spacial score (nSPS) is 15.4. The van der Waals surface area contributed by atoms with Gasteiger partial charge in [0.1, 0.15) is 0 Å². The molecule has 1 N–H and O–H groups in total. The van der Waals surface area contributed by atoms with Crippen LogP contribution < -0.4 is 4.72 Å².